The Morgan fingerprint density at radius 1 is 1.23 bits per heavy atom. The fourth-order valence-corrected chi connectivity index (χ4v) is 3.69. The van der Waals surface area contributed by atoms with Crippen molar-refractivity contribution >= 4 is 11.7 Å². The number of amides is 1. The highest BCUT2D eigenvalue weighted by atomic mass is 16.5. The van der Waals surface area contributed by atoms with Crippen LogP contribution >= 0.6 is 0 Å². The number of carbonyl (C=O) groups excluding carboxylic acids is 1. The first-order valence-corrected chi connectivity index (χ1v) is 9.19. The summed E-state index contributed by atoms with van der Waals surface area (Å²) in [4.78, 5) is 12.4. The third kappa shape index (κ3) is 4.00. The van der Waals surface area contributed by atoms with Gasteiger partial charge in [0.2, 0.25) is 5.91 Å². The van der Waals surface area contributed by atoms with Crippen LogP contribution in [0.4, 0.5) is 5.82 Å². The molecule has 1 fully saturated rings. The van der Waals surface area contributed by atoms with Crippen molar-refractivity contribution in [1.29, 1.82) is 0 Å². The van der Waals surface area contributed by atoms with E-state index in [4.69, 9.17) is 9.47 Å². The fraction of sp³-hybridized carbons (Fsp3) is 0.500. The second-order valence-corrected chi connectivity index (χ2v) is 6.88. The van der Waals surface area contributed by atoms with Gasteiger partial charge in [-0.25, -0.2) is 0 Å². The first kappa shape index (κ1) is 18.3. The minimum atomic E-state index is 0.0186. The molecular formula is C20H27N3O3. The van der Waals surface area contributed by atoms with Crippen LogP contribution in [0.1, 0.15) is 44.2 Å². The van der Waals surface area contributed by atoms with Crippen LogP contribution in [0.15, 0.2) is 18.2 Å². The molecule has 1 heterocycles. The molecule has 1 aromatic heterocycles. The van der Waals surface area contributed by atoms with Crippen molar-refractivity contribution in [3.05, 3.63) is 23.9 Å². The van der Waals surface area contributed by atoms with Gasteiger partial charge in [0.1, 0.15) is 0 Å². The van der Waals surface area contributed by atoms with Gasteiger partial charge >= 0.3 is 0 Å². The predicted molar refractivity (Wildman–Crippen MR) is 102 cm³/mol. The average molecular weight is 357 g/mol. The molecule has 6 heteroatoms. The summed E-state index contributed by atoms with van der Waals surface area (Å²) < 4.78 is 10.7. The van der Waals surface area contributed by atoms with Gasteiger partial charge in [-0.15, -0.1) is 0 Å². The van der Waals surface area contributed by atoms with Crippen LogP contribution in [0, 0.1) is 12.8 Å². The lowest BCUT2D eigenvalue weighted by Gasteiger charge is -2.11. The molecule has 0 radical (unpaired) electrons. The van der Waals surface area contributed by atoms with Crippen LogP contribution in [-0.4, -0.2) is 30.3 Å². The number of hydrogen-bond acceptors (Lipinski definition) is 4. The summed E-state index contributed by atoms with van der Waals surface area (Å²) in [7, 11) is 3.21. The standard InChI is InChI=1S/C20H27N3O3/c1-13-19(15-9-10-16(25-2)17(12-15)26-3)20(23-22-13)21-18(24)11-8-14-6-4-5-7-14/h9-10,12,14H,4-8,11H2,1-3H3,(H2,21,22,23,24). The Kier molecular flexibility index (Phi) is 5.81. The number of nitrogens with one attached hydrogen (secondary N) is 2. The Labute approximate surface area is 154 Å². The van der Waals surface area contributed by atoms with Crippen molar-refractivity contribution in [2.45, 2.75) is 45.4 Å². The van der Waals surface area contributed by atoms with Gasteiger partial charge in [-0.05, 0) is 37.0 Å². The number of aryl methyl sites for hydroxylation is 1. The first-order valence-electron chi connectivity index (χ1n) is 9.19. The number of rotatable bonds is 7. The minimum Gasteiger partial charge on any atom is -0.493 e. The Morgan fingerprint density at radius 2 is 1.96 bits per heavy atom. The molecule has 0 saturated heterocycles. The monoisotopic (exact) mass is 357 g/mol. The largest absolute Gasteiger partial charge is 0.493 e. The highest BCUT2D eigenvalue weighted by Crippen LogP contribution is 2.36. The van der Waals surface area contributed by atoms with Crippen molar-refractivity contribution in [3.8, 4) is 22.6 Å². The maximum absolute atomic E-state index is 12.4. The quantitative estimate of drug-likeness (QED) is 0.774. The van der Waals surface area contributed by atoms with Crippen LogP contribution in [0.2, 0.25) is 0 Å². The van der Waals surface area contributed by atoms with E-state index in [1.807, 2.05) is 25.1 Å². The normalized spacial score (nSPS) is 14.4. The summed E-state index contributed by atoms with van der Waals surface area (Å²) in [6.07, 6.45) is 6.61. The lowest BCUT2D eigenvalue weighted by atomic mass is 10.0. The minimum absolute atomic E-state index is 0.0186. The van der Waals surface area contributed by atoms with Crippen LogP contribution in [0.25, 0.3) is 11.1 Å². The van der Waals surface area contributed by atoms with Crippen molar-refractivity contribution in [2.24, 2.45) is 5.92 Å². The summed E-state index contributed by atoms with van der Waals surface area (Å²) in [5, 5.41) is 10.2. The van der Waals surface area contributed by atoms with E-state index in [-0.39, 0.29) is 5.91 Å². The zero-order valence-corrected chi connectivity index (χ0v) is 15.7. The molecule has 0 aliphatic heterocycles. The number of nitrogens with zero attached hydrogens (tertiary/aromatic N) is 1. The molecule has 3 rings (SSSR count). The van der Waals surface area contributed by atoms with Gasteiger partial charge < -0.3 is 14.8 Å². The second kappa shape index (κ2) is 8.25. The molecule has 6 nitrogen and oxygen atoms in total. The summed E-state index contributed by atoms with van der Waals surface area (Å²) in [6.45, 7) is 1.94. The third-order valence-electron chi connectivity index (χ3n) is 5.13. The van der Waals surface area contributed by atoms with Crippen LogP contribution in [0.5, 0.6) is 11.5 Å². The highest BCUT2D eigenvalue weighted by Gasteiger charge is 2.19. The zero-order chi connectivity index (χ0) is 18.5. The molecule has 0 bridgehead atoms. The summed E-state index contributed by atoms with van der Waals surface area (Å²) in [6, 6.07) is 5.69. The van der Waals surface area contributed by atoms with E-state index in [0.29, 0.717) is 29.7 Å². The molecule has 26 heavy (non-hydrogen) atoms. The van der Waals surface area contributed by atoms with Crippen molar-refractivity contribution < 1.29 is 14.3 Å². The molecule has 1 amide bonds. The molecule has 2 N–H and O–H groups in total. The van der Waals surface area contributed by atoms with Crippen molar-refractivity contribution in [3.63, 3.8) is 0 Å². The van der Waals surface area contributed by atoms with Gasteiger partial charge in [-0.1, -0.05) is 31.7 Å². The molecule has 2 aromatic rings. The lowest BCUT2D eigenvalue weighted by Crippen LogP contribution is -2.13. The molecule has 0 atom stereocenters. The molecule has 1 aliphatic rings. The topological polar surface area (TPSA) is 76.2 Å². The summed E-state index contributed by atoms with van der Waals surface area (Å²) in [5.74, 6) is 2.59. The van der Waals surface area contributed by atoms with E-state index in [1.54, 1.807) is 14.2 Å². The fourth-order valence-electron chi connectivity index (χ4n) is 3.69. The third-order valence-corrected chi connectivity index (χ3v) is 5.13. The van der Waals surface area contributed by atoms with Crippen LogP contribution in [-0.2, 0) is 4.79 Å². The van der Waals surface area contributed by atoms with Crippen LogP contribution < -0.4 is 14.8 Å². The molecule has 0 unspecified atom stereocenters. The summed E-state index contributed by atoms with van der Waals surface area (Å²) >= 11 is 0. The van der Waals surface area contributed by atoms with Gasteiger partial charge in [-0.2, -0.15) is 5.10 Å². The lowest BCUT2D eigenvalue weighted by molar-refractivity contribution is -0.116. The Balaban J connectivity index is 1.75. The van der Waals surface area contributed by atoms with E-state index in [9.17, 15) is 4.79 Å². The second-order valence-electron chi connectivity index (χ2n) is 6.88. The van der Waals surface area contributed by atoms with Crippen LogP contribution in [0.3, 0.4) is 0 Å². The van der Waals surface area contributed by atoms with E-state index < -0.39 is 0 Å². The van der Waals surface area contributed by atoms with Crippen molar-refractivity contribution in [1.82, 2.24) is 10.2 Å². The van der Waals surface area contributed by atoms with Gasteiger partial charge in [0.15, 0.2) is 17.3 Å². The number of benzene rings is 1. The Morgan fingerprint density at radius 3 is 2.65 bits per heavy atom. The number of ether oxygens (including phenoxy) is 2. The average Bonchev–Trinajstić information content (AvgIpc) is 3.29. The zero-order valence-electron chi connectivity index (χ0n) is 15.7. The SMILES string of the molecule is COc1ccc(-c2c(NC(=O)CCC3CCCC3)n[nH]c2C)cc1OC. The number of hydrogen-bond donors (Lipinski definition) is 2. The number of H-pyrrole nitrogens is 1. The number of methoxy groups -OCH3 is 2. The highest BCUT2D eigenvalue weighted by molar-refractivity contribution is 5.94. The van der Waals surface area contributed by atoms with E-state index in [1.165, 1.54) is 25.7 Å². The number of carbonyl (C=O) groups is 1. The van der Waals surface area contributed by atoms with Gasteiger partial charge in [0.05, 0.1) is 14.2 Å². The number of anilines is 1. The van der Waals surface area contributed by atoms with E-state index in [0.717, 1.165) is 23.2 Å². The Hall–Kier alpha value is -2.50. The maximum Gasteiger partial charge on any atom is 0.225 e. The smallest absolute Gasteiger partial charge is 0.225 e. The molecule has 0 spiro atoms. The number of aromatic amines is 1. The van der Waals surface area contributed by atoms with Gasteiger partial charge in [-0.3, -0.25) is 9.89 Å². The van der Waals surface area contributed by atoms with Gasteiger partial charge in [0, 0.05) is 17.7 Å². The number of aromatic nitrogens is 2. The molecule has 140 valence electrons. The molecule has 1 aromatic carbocycles. The first-order chi connectivity index (χ1) is 12.6. The molecular weight excluding hydrogens is 330 g/mol. The Bertz CT molecular complexity index is 764. The van der Waals surface area contributed by atoms with E-state index in [2.05, 4.69) is 15.5 Å². The van der Waals surface area contributed by atoms with Crippen molar-refractivity contribution in [2.75, 3.05) is 19.5 Å². The van der Waals surface area contributed by atoms with E-state index >= 15 is 0 Å². The summed E-state index contributed by atoms with van der Waals surface area (Å²) in [5.41, 5.74) is 2.68. The molecule has 1 aliphatic carbocycles. The maximum atomic E-state index is 12.4. The molecule has 1 saturated carbocycles. The predicted octanol–water partition coefficient (Wildman–Crippen LogP) is 4.31. The van der Waals surface area contributed by atoms with Gasteiger partial charge in [0.25, 0.3) is 0 Å².